The molecule has 2 aromatic rings. The van der Waals surface area contributed by atoms with Crippen LogP contribution >= 0.6 is 15.9 Å². The zero-order chi connectivity index (χ0) is 12.6. The average Bonchev–Trinajstić information content (AvgIpc) is 2.21. The lowest BCUT2D eigenvalue weighted by molar-refractivity contribution is -0.140. The number of aromatic nitrogens is 2. The van der Waals surface area contributed by atoms with Gasteiger partial charge in [-0.25, -0.2) is 4.98 Å². The summed E-state index contributed by atoms with van der Waals surface area (Å²) in [7, 11) is 0. The molecule has 0 radical (unpaired) electrons. The number of nitrogens with zero attached hydrogens (tertiary/aromatic N) is 2. The Morgan fingerprint density at radius 3 is 2.71 bits per heavy atom. The predicted octanol–water partition coefficient (Wildman–Crippen LogP) is 2.72. The smallest absolute Gasteiger partial charge is 0.298 e. The molecule has 0 unspecified atom stereocenters. The third-order valence-electron chi connectivity index (χ3n) is 2.18. The van der Waals surface area contributed by atoms with Crippen LogP contribution in [0.5, 0.6) is 0 Å². The minimum Gasteiger partial charge on any atom is -0.298 e. The van der Waals surface area contributed by atoms with Gasteiger partial charge in [-0.2, -0.15) is 13.2 Å². The molecule has 0 aromatic carbocycles. The van der Waals surface area contributed by atoms with Gasteiger partial charge in [-0.15, -0.1) is 0 Å². The fourth-order valence-electron chi connectivity index (χ4n) is 1.51. The van der Waals surface area contributed by atoms with E-state index in [0.717, 1.165) is 6.07 Å². The number of hydrogen-bond donors (Lipinski definition) is 0. The molecule has 0 aliphatic rings. The standard InChI is InChI=1S/C10H6BrF3N2O/c11-8-3-6-1-2-9(17)16(5-10(12,13)14)7(6)4-15-8/h1-4H,5H2. The number of halogens is 4. The second-order valence-electron chi connectivity index (χ2n) is 3.44. The molecule has 0 saturated heterocycles. The topological polar surface area (TPSA) is 34.9 Å². The number of fused-ring (bicyclic) bond motifs is 1. The Kier molecular flexibility index (Phi) is 2.94. The lowest BCUT2D eigenvalue weighted by Crippen LogP contribution is -2.27. The summed E-state index contributed by atoms with van der Waals surface area (Å²) in [5.41, 5.74) is -0.531. The van der Waals surface area contributed by atoms with Gasteiger partial charge in [0.25, 0.3) is 5.56 Å². The second kappa shape index (κ2) is 4.14. The van der Waals surface area contributed by atoms with Gasteiger partial charge >= 0.3 is 6.18 Å². The molecule has 17 heavy (non-hydrogen) atoms. The molecule has 2 aromatic heterocycles. The molecule has 0 spiro atoms. The molecule has 90 valence electrons. The highest BCUT2D eigenvalue weighted by atomic mass is 79.9. The van der Waals surface area contributed by atoms with E-state index in [0.29, 0.717) is 14.6 Å². The van der Waals surface area contributed by atoms with Crippen molar-refractivity contribution in [3.8, 4) is 0 Å². The first kappa shape index (κ1) is 12.1. The van der Waals surface area contributed by atoms with Gasteiger partial charge in [-0.05, 0) is 28.1 Å². The molecule has 0 bridgehead atoms. The highest BCUT2D eigenvalue weighted by Crippen LogP contribution is 2.21. The summed E-state index contributed by atoms with van der Waals surface area (Å²) in [6.07, 6.45) is -3.20. The Morgan fingerprint density at radius 1 is 1.35 bits per heavy atom. The highest BCUT2D eigenvalue weighted by molar-refractivity contribution is 9.10. The molecule has 0 aliphatic heterocycles. The van der Waals surface area contributed by atoms with Crippen LogP contribution in [0, 0.1) is 0 Å². The van der Waals surface area contributed by atoms with Crippen LogP contribution in [0.1, 0.15) is 0 Å². The van der Waals surface area contributed by atoms with E-state index >= 15 is 0 Å². The summed E-state index contributed by atoms with van der Waals surface area (Å²) in [6.45, 7) is -1.31. The van der Waals surface area contributed by atoms with Gasteiger partial charge in [0.15, 0.2) is 0 Å². The molecule has 0 fully saturated rings. The lowest BCUT2D eigenvalue weighted by Gasteiger charge is -2.12. The molecule has 2 rings (SSSR count). The van der Waals surface area contributed by atoms with Crippen LogP contribution in [0.3, 0.4) is 0 Å². The largest absolute Gasteiger partial charge is 0.406 e. The molecule has 0 amide bonds. The van der Waals surface area contributed by atoms with Crippen molar-refractivity contribution in [3.63, 3.8) is 0 Å². The summed E-state index contributed by atoms with van der Waals surface area (Å²) in [6, 6.07) is 4.14. The maximum Gasteiger partial charge on any atom is 0.406 e. The van der Waals surface area contributed by atoms with Crippen molar-refractivity contribution < 1.29 is 13.2 Å². The van der Waals surface area contributed by atoms with Crippen LogP contribution in [-0.2, 0) is 6.54 Å². The van der Waals surface area contributed by atoms with Gasteiger partial charge in [0.05, 0.1) is 11.7 Å². The van der Waals surface area contributed by atoms with Crippen LogP contribution in [0.25, 0.3) is 10.9 Å². The number of rotatable bonds is 1. The molecule has 0 N–H and O–H groups in total. The van der Waals surface area contributed by atoms with Gasteiger partial charge in [0, 0.05) is 11.5 Å². The second-order valence-corrected chi connectivity index (χ2v) is 4.25. The van der Waals surface area contributed by atoms with E-state index in [1.165, 1.54) is 12.3 Å². The Hall–Kier alpha value is -1.37. The maximum atomic E-state index is 12.3. The summed E-state index contributed by atoms with van der Waals surface area (Å²) in [4.78, 5) is 15.2. The molecular weight excluding hydrogens is 301 g/mol. The zero-order valence-corrected chi connectivity index (χ0v) is 9.92. The molecule has 0 atom stereocenters. The molecule has 2 heterocycles. The molecule has 3 nitrogen and oxygen atoms in total. The number of alkyl halides is 3. The van der Waals surface area contributed by atoms with Crippen LogP contribution in [-0.4, -0.2) is 15.7 Å². The van der Waals surface area contributed by atoms with E-state index in [1.54, 1.807) is 6.07 Å². The third-order valence-corrected chi connectivity index (χ3v) is 2.61. The van der Waals surface area contributed by atoms with Crippen molar-refractivity contribution in [2.45, 2.75) is 12.7 Å². The van der Waals surface area contributed by atoms with Crippen molar-refractivity contribution in [1.82, 2.24) is 9.55 Å². The molecule has 7 heteroatoms. The molecule has 0 saturated carbocycles. The van der Waals surface area contributed by atoms with Gasteiger partial charge in [0.2, 0.25) is 0 Å². The van der Waals surface area contributed by atoms with Crippen LogP contribution < -0.4 is 5.56 Å². The van der Waals surface area contributed by atoms with Crippen LogP contribution in [0.4, 0.5) is 13.2 Å². The Balaban J connectivity index is 2.68. The van der Waals surface area contributed by atoms with Crippen molar-refractivity contribution in [2.75, 3.05) is 0 Å². The van der Waals surface area contributed by atoms with Gasteiger partial charge in [-0.3, -0.25) is 9.36 Å². The summed E-state index contributed by atoms with van der Waals surface area (Å²) >= 11 is 3.12. The number of pyridine rings is 2. The monoisotopic (exact) mass is 306 g/mol. The minimum absolute atomic E-state index is 0.165. The van der Waals surface area contributed by atoms with E-state index in [1.807, 2.05) is 0 Å². The van der Waals surface area contributed by atoms with E-state index in [2.05, 4.69) is 20.9 Å². The SMILES string of the molecule is O=c1ccc2cc(Br)ncc2n1CC(F)(F)F. The first-order chi connectivity index (χ1) is 7.87. The van der Waals surface area contributed by atoms with Crippen molar-refractivity contribution >= 4 is 26.8 Å². The van der Waals surface area contributed by atoms with E-state index in [4.69, 9.17) is 0 Å². The van der Waals surface area contributed by atoms with Gasteiger partial charge < -0.3 is 0 Å². The van der Waals surface area contributed by atoms with E-state index < -0.39 is 18.3 Å². The summed E-state index contributed by atoms with van der Waals surface area (Å²) < 4.78 is 38.2. The van der Waals surface area contributed by atoms with Crippen molar-refractivity contribution in [3.05, 3.63) is 39.4 Å². The first-order valence-electron chi connectivity index (χ1n) is 4.59. The Morgan fingerprint density at radius 2 is 2.06 bits per heavy atom. The fraction of sp³-hybridized carbons (Fsp3) is 0.200. The van der Waals surface area contributed by atoms with E-state index in [9.17, 15) is 18.0 Å². The average molecular weight is 307 g/mol. The zero-order valence-electron chi connectivity index (χ0n) is 8.33. The number of hydrogen-bond acceptors (Lipinski definition) is 2. The normalized spacial score (nSPS) is 12.0. The summed E-state index contributed by atoms with van der Waals surface area (Å²) in [5, 5.41) is 0.524. The third kappa shape index (κ3) is 2.66. The lowest BCUT2D eigenvalue weighted by atomic mass is 10.2. The summed E-state index contributed by atoms with van der Waals surface area (Å²) in [5.74, 6) is 0. The predicted molar refractivity (Wildman–Crippen MR) is 59.8 cm³/mol. The van der Waals surface area contributed by atoms with Gasteiger partial charge in [-0.1, -0.05) is 0 Å². The fourth-order valence-corrected chi connectivity index (χ4v) is 1.86. The first-order valence-corrected chi connectivity index (χ1v) is 5.38. The van der Waals surface area contributed by atoms with Gasteiger partial charge in [0.1, 0.15) is 11.1 Å². The minimum atomic E-state index is -4.44. The Labute approximate surface area is 102 Å². The van der Waals surface area contributed by atoms with E-state index in [-0.39, 0.29) is 5.52 Å². The van der Waals surface area contributed by atoms with Crippen LogP contribution in [0.2, 0.25) is 0 Å². The highest BCUT2D eigenvalue weighted by Gasteiger charge is 2.29. The van der Waals surface area contributed by atoms with Crippen molar-refractivity contribution in [1.29, 1.82) is 0 Å². The van der Waals surface area contributed by atoms with Crippen molar-refractivity contribution in [2.24, 2.45) is 0 Å². The quantitative estimate of drug-likeness (QED) is 0.759. The maximum absolute atomic E-state index is 12.3. The Bertz CT molecular complexity index is 621. The molecule has 0 aliphatic carbocycles. The van der Waals surface area contributed by atoms with Crippen LogP contribution in [0.15, 0.2) is 33.8 Å². The molecular formula is C10H6BrF3N2O.